The first-order chi connectivity index (χ1) is 11.5. The first kappa shape index (κ1) is 18.8. The molecule has 4 nitrogen and oxygen atoms in total. The molecule has 1 aliphatic rings. The van der Waals surface area contributed by atoms with Crippen molar-refractivity contribution < 1.29 is 9.59 Å². The largest absolute Gasteiger partial charge is 0.354 e. The molecule has 1 atom stereocenters. The van der Waals surface area contributed by atoms with Crippen LogP contribution in [0.1, 0.15) is 56.3 Å². The maximum atomic E-state index is 12.5. The molecule has 2 rings (SSSR count). The summed E-state index contributed by atoms with van der Waals surface area (Å²) < 4.78 is 0. The molecule has 2 N–H and O–H groups in total. The summed E-state index contributed by atoms with van der Waals surface area (Å²) in [5.74, 6) is 0.140. The second kappa shape index (κ2) is 9.07. The molecule has 24 heavy (non-hydrogen) atoms. The van der Waals surface area contributed by atoms with Gasteiger partial charge in [-0.15, -0.1) is 0 Å². The van der Waals surface area contributed by atoms with E-state index in [1.807, 2.05) is 13.8 Å². The molecule has 5 heteroatoms. The normalized spacial score (nSPS) is 16.7. The summed E-state index contributed by atoms with van der Waals surface area (Å²) in [6, 6.07) is 6.31. The van der Waals surface area contributed by atoms with Gasteiger partial charge in [-0.2, -0.15) is 0 Å². The third-order valence-electron chi connectivity index (χ3n) is 4.64. The van der Waals surface area contributed by atoms with Crippen LogP contribution in [0.25, 0.3) is 0 Å². The molecule has 0 bridgehead atoms. The highest BCUT2D eigenvalue weighted by Crippen LogP contribution is 2.23. The first-order valence-electron chi connectivity index (χ1n) is 8.82. The lowest BCUT2D eigenvalue weighted by Gasteiger charge is -2.25. The highest BCUT2D eigenvalue weighted by atomic mass is 35.5. The lowest BCUT2D eigenvalue weighted by Crippen LogP contribution is -2.50. The van der Waals surface area contributed by atoms with E-state index in [1.165, 1.54) is 32.1 Å². The predicted molar refractivity (Wildman–Crippen MR) is 97.1 cm³/mol. The number of halogens is 1. The topological polar surface area (TPSA) is 58.2 Å². The van der Waals surface area contributed by atoms with Gasteiger partial charge in [0, 0.05) is 6.54 Å². The third kappa shape index (κ3) is 5.23. The minimum absolute atomic E-state index is 0.00259. The third-order valence-corrected chi connectivity index (χ3v) is 4.97. The Morgan fingerprint density at radius 1 is 1.17 bits per heavy atom. The van der Waals surface area contributed by atoms with Crippen LogP contribution in [0.4, 0.5) is 0 Å². The van der Waals surface area contributed by atoms with Crippen molar-refractivity contribution in [3.63, 3.8) is 0 Å². The SMILES string of the molecule is CC(C)C(NC(=O)c1ccccc1Cl)C(=O)NCC1CCCCC1. The molecule has 0 spiro atoms. The Bertz CT molecular complexity index is 568. The fourth-order valence-corrected chi connectivity index (χ4v) is 3.37. The van der Waals surface area contributed by atoms with Crippen LogP contribution >= 0.6 is 11.6 Å². The molecule has 1 aromatic carbocycles. The Hall–Kier alpha value is -1.55. The van der Waals surface area contributed by atoms with Crippen molar-refractivity contribution in [2.75, 3.05) is 6.54 Å². The summed E-state index contributed by atoms with van der Waals surface area (Å²) >= 11 is 6.06. The number of benzene rings is 1. The van der Waals surface area contributed by atoms with Gasteiger partial charge < -0.3 is 10.6 Å². The molecule has 0 aliphatic heterocycles. The minimum Gasteiger partial charge on any atom is -0.354 e. The van der Waals surface area contributed by atoms with Crippen LogP contribution in [0.2, 0.25) is 5.02 Å². The minimum atomic E-state index is -0.558. The Morgan fingerprint density at radius 2 is 1.83 bits per heavy atom. The molecule has 132 valence electrons. The lowest BCUT2D eigenvalue weighted by atomic mass is 9.89. The number of hydrogen-bond donors (Lipinski definition) is 2. The molecule has 1 unspecified atom stereocenters. The number of rotatable bonds is 6. The molecule has 0 radical (unpaired) electrons. The monoisotopic (exact) mass is 350 g/mol. The fourth-order valence-electron chi connectivity index (χ4n) is 3.15. The van der Waals surface area contributed by atoms with Crippen molar-refractivity contribution in [3.8, 4) is 0 Å². The molecular formula is C19H27ClN2O2. The zero-order valence-electron chi connectivity index (χ0n) is 14.5. The van der Waals surface area contributed by atoms with Gasteiger partial charge in [-0.05, 0) is 36.8 Å². The molecule has 0 aromatic heterocycles. The van der Waals surface area contributed by atoms with E-state index >= 15 is 0 Å². The number of carbonyl (C=O) groups is 2. The summed E-state index contributed by atoms with van der Waals surface area (Å²) in [5, 5.41) is 6.23. The van der Waals surface area contributed by atoms with Gasteiger partial charge in [0.2, 0.25) is 5.91 Å². The van der Waals surface area contributed by atoms with Crippen LogP contribution in [-0.4, -0.2) is 24.4 Å². The Kier molecular flexibility index (Phi) is 7.10. The van der Waals surface area contributed by atoms with Crippen LogP contribution in [-0.2, 0) is 4.79 Å². The van der Waals surface area contributed by atoms with Crippen molar-refractivity contribution in [2.24, 2.45) is 11.8 Å². The maximum Gasteiger partial charge on any atom is 0.253 e. The van der Waals surface area contributed by atoms with Crippen LogP contribution in [0.5, 0.6) is 0 Å². The van der Waals surface area contributed by atoms with Gasteiger partial charge in [0.1, 0.15) is 6.04 Å². The fraction of sp³-hybridized carbons (Fsp3) is 0.579. The maximum absolute atomic E-state index is 12.5. The average molecular weight is 351 g/mol. The van der Waals surface area contributed by atoms with Gasteiger partial charge in [0.25, 0.3) is 5.91 Å². The summed E-state index contributed by atoms with van der Waals surface area (Å²) in [7, 11) is 0. The van der Waals surface area contributed by atoms with E-state index in [9.17, 15) is 9.59 Å². The number of hydrogen-bond acceptors (Lipinski definition) is 2. The van der Waals surface area contributed by atoms with Crippen molar-refractivity contribution in [2.45, 2.75) is 52.0 Å². The summed E-state index contributed by atoms with van der Waals surface area (Å²) in [5.41, 5.74) is 0.393. The summed E-state index contributed by atoms with van der Waals surface area (Å²) in [6.07, 6.45) is 6.15. The zero-order valence-corrected chi connectivity index (χ0v) is 15.2. The molecule has 2 amide bonds. The average Bonchev–Trinajstić information content (AvgIpc) is 2.58. The van der Waals surface area contributed by atoms with E-state index in [4.69, 9.17) is 11.6 Å². The number of carbonyl (C=O) groups excluding carboxylic acids is 2. The number of nitrogens with one attached hydrogen (secondary N) is 2. The molecule has 0 heterocycles. The second-order valence-electron chi connectivity index (χ2n) is 6.92. The second-order valence-corrected chi connectivity index (χ2v) is 7.33. The van der Waals surface area contributed by atoms with Crippen LogP contribution < -0.4 is 10.6 Å². The van der Waals surface area contributed by atoms with Crippen molar-refractivity contribution in [1.29, 1.82) is 0 Å². The zero-order chi connectivity index (χ0) is 17.5. The first-order valence-corrected chi connectivity index (χ1v) is 9.20. The smallest absolute Gasteiger partial charge is 0.253 e. The van der Waals surface area contributed by atoms with Crippen molar-refractivity contribution in [1.82, 2.24) is 10.6 Å². The van der Waals surface area contributed by atoms with E-state index in [0.717, 1.165) is 0 Å². The quantitative estimate of drug-likeness (QED) is 0.820. The molecule has 1 aliphatic carbocycles. The van der Waals surface area contributed by atoms with Crippen molar-refractivity contribution in [3.05, 3.63) is 34.9 Å². The lowest BCUT2D eigenvalue weighted by molar-refractivity contribution is -0.124. The molecule has 0 saturated heterocycles. The Balaban J connectivity index is 1.94. The van der Waals surface area contributed by atoms with E-state index in [-0.39, 0.29) is 17.7 Å². The summed E-state index contributed by atoms with van der Waals surface area (Å²) in [6.45, 7) is 4.56. The Morgan fingerprint density at radius 3 is 2.46 bits per heavy atom. The highest BCUT2D eigenvalue weighted by Gasteiger charge is 2.26. The Labute approximate surface area is 149 Å². The highest BCUT2D eigenvalue weighted by molar-refractivity contribution is 6.33. The van der Waals surface area contributed by atoms with Crippen LogP contribution in [0.15, 0.2) is 24.3 Å². The van der Waals surface area contributed by atoms with Crippen LogP contribution in [0.3, 0.4) is 0 Å². The molecule has 1 saturated carbocycles. The van der Waals surface area contributed by atoms with E-state index in [2.05, 4.69) is 10.6 Å². The van der Waals surface area contributed by atoms with Gasteiger partial charge >= 0.3 is 0 Å². The molecule has 1 aromatic rings. The van der Waals surface area contributed by atoms with Gasteiger partial charge in [-0.25, -0.2) is 0 Å². The molecular weight excluding hydrogens is 324 g/mol. The van der Waals surface area contributed by atoms with E-state index in [1.54, 1.807) is 24.3 Å². The van der Waals surface area contributed by atoms with Gasteiger partial charge in [-0.1, -0.05) is 56.8 Å². The van der Waals surface area contributed by atoms with Gasteiger partial charge in [0.15, 0.2) is 0 Å². The number of amides is 2. The van der Waals surface area contributed by atoms with Crippen LogP contribution in [0, 0.1) is 11.8 Å². The van der Waals surface area contributed by atoms with E-state index < -0.39 is 6.04 Å². The standard InChI is InChI=1S/C19H27ClN2O2/c1-13(2)17(19(24)21-12-14-8-4-3-5-9-14)22-18(23)15-10-6-7-11-16(15)20/h6-7,10-11,13-14,17H,3-5,8-9,12H2,1-2H3,(H,21,24)(H,22,23). The predicted octanol–water partition coefficient (Wildman–Crippen LogP) is 3.79. The van der Waals surface area contributed by atoms with Gasteiger partial charge in [-0.3, -0.25) is 9.59 Å². The van der Waals surface area contributed by atoms with Gasteiger partial charge in [0.05, 0.1) is 10.6 Å². The van der Waals surface area contributed by atoms with E-state index in [0.29, 0.717) is 23.0 Å². The van der Waals surface area contributed by atoms with Crippen molar-refractivity contribution >= 4 is 23.4 Å². The molecule has 1 fully saturated rings. The summed E-state index contributed by atoms with van der Waals surface area (Å²) in [4.78, 5) is 24.9.